The molecule has 104 valence electrons. The van der Waals surface area contributed by atoms with E-state index < -0.39 is 15.8 Å². The van der Waals surface area contributed by atoms with Crippen molar-refractivity contribution in [1.82, 2.24) is 5.32 Å². The van der Waals surface area contributed by atoms with Crippen LogP contribution >= 0.6 is 0 Å². The van der Waals surface area contributed by atoms with Crippen LogP contribution in [-0.2, 0) is 14.6 Å². The van der Waals surface area contributed by atoms with Crippen LogP contribution in [0.15, 0.2) is 0 Å². The third-order valence-electron chi connectivity index (χ3n) is 4.20. The van der Waals surface area contributed by atoms with Gasteiger partial charge in [-0.25, -0.2) is 8.42 Å². The van der Waals surface area contributed by atoms with Crippen LogP contribution in [0.3, 0.4) is 0 Å². The summed E-state index contributed by atoms with van der Waals surface area (Å²) in [7, 11) is -2.81. The van der Waals surface area contributed by atoms with Crippen LogP contribution < -0.4 is 5.32 Å². The lowest BCUT2D eigenvalue weighted by molar-refractivity contribution is -0.142. The van der Waals surface area contributed by atoms with Crippen LogP contribution in [0.2, 0.25) is 0 Å². The zero-order valence-corrected chi connectivity index (χ0v) is 11.3. The maximum absolute atomic E-state index is 11.3. The number of sulfone groups is 1. The SMILES string of the molecule is O=C(O)C1CCCC1CNC1CCS(=O)(=O)CC1. The van der Waals surface area contributed by atoms with Crippen molar-refractivity contribution in [2.45, 2.75) is 38.1 Å². The Morgan fingerprint density at radius 2 is 1.83 bits per heavy atom. The first-order valence-electron chi connectivity index (χ1n) is 6.64. The summed E-state index contributed by atoms with van der Waals surface area (Å²) in [6.07, 6.45) is 4.05. The third-order valence-corrected chi connectivity index (χ3v) is 5.92. The fourth-order valence-electron chi connectivity index (χ4n) is 3.02. The van der Waals surface area contributed by atoms with Gasteiger partial charge in [0.15, 0.2) is 0 Å². The molecule has 1 saturated heterocycles. The average Bonchev–Trinajstić information content (AvgIpc) is 2.76. The standard InChI is InChI=1S/C12H21NO4S/c14-12(15)11-3-1-2-9(11)8-13-10-4-6-18(16,17)7-5-10/h9-11,13H,1-8H2,(H,14,15). The summed E-state index contributed by atoms with van der Waals surface area (Å²) >= 11 is 0. The van der Waals surface area contributed by atoms with E-state index in [2.05, 4.69) is 5.32 Å². The van der Waals surface area contributed by atoms with Gasteiger partial charge in [0.05, 0.1) is 17.4 Å². The number of carbonyl (C=O) groups is 1. The number of aliphatic carboxylic acids is 1. The predicted molar refractivity (Wildman–Crippen MR) is 68.1 cm³/mol. The lowest BCUT2D eigenvalue weighted by Crippen LogP contribution is -2.40. The molecular formula is C12H21NO4S. The molecule has 0 aromatic heterocycles. The van der Waals surface area contributed by atoms with E-state index in [-0.39, 0.29) is 29.4 Å². The summed E-state index contributed by atoms with van der Waals surface area (Å²) in [5, 5.41) is 12.4. The van der Waals surface area contributed by atoms with Crippen LogP contribution in [0.1, 0.15) is 32.1 Å². The Hall–Kier alpha value is -0.620. The molecule has 2 unspecified atom stereocenters. The van der Waals surface area contributed by atoms with Crippen molar-refractivity contribution in [3.8, 4) is 0 Å². The molecular weight excluding hydrogens is 254 g/mol. The molecule has 0 radical (unpaired) electrons. The number of carboxylic acid groups (broad SMARTS) is 1. The Balaban J connectivity index is 1.77. The predicted octanol–water partition coefficient (Wildman–Crippen LogP) is 0.654. The molecule has 0 aromatic rings. The molecule has 2 rings (SSSR count). The first-order valence-corrected chi connectivity index (χ1v) is 8.47. The second-order valence-electron chi connectivity index (χ2n) is 5.47. The zero-order chi connectivity index (χ0) is 13.2. The van der Waals surface area contributed by atoms with E-state index in [1.165, 1.54) is 0 Å². The zero-order valence-electron chi connectivity index (χ0n) is 10.5. The van der Waals surface area contributed by atoms with Gasteiger partial charge in [-0.15, -0.1) is 0 Å². The first kappa shape index (κ1) is 13.8. The van der Waals surface area contributed by atoms with Crippen LogP contribution in [0.5, 0.6) is 0 Å². The molecule has 6 heteroatoms. The van der Waals surface area contributed by atoms with Crippen molar-refractivity contribution in [3.63, 3.8) is 0 Å². The second-order valence-corrected chi connectivity index (χ2v) is 7.77. The molecule has 2 N–H and O–H groups in total. The minimum atomic E-state index is -2.81. The Labute approximate surface area is 108 Å². The third kappa shape index (κ3) is 3.45. The van der Waals surface area contributed by atoms with Crippen molar-refractivity contribution in [1.29, 1.82) is 0 Å². The molecule has 0 aromatic carbocycles. The number of nitrogens with one attached hydrogen (secondary N) is 1. The minimum absolute atomic E-state index is 0.209. The molecule has 18 heavy (non-hydrogen) atoms. The molecule has 2 aliphatic rings. The monoisotopic (exact) mass is 275 g/mol. The second kappa shape index (κ2) is 5.57. The van der Waals surface area contributed by atoms with Gasteiger partial charge < -0.3 is 10.4 Å². The Bertz CT molecular complexity index is 392. The van der Waals surface area contributed by atoms with Gasteiger partial charge in [-0.2, -0.15) is 0 Å². The Morgan fingerprint density at radius 3 is 2.44 bits per heavy atom. The summed E-state index contributed by atoms with van der Waals surface area (Å²) in [5.41, 5.74) is 0. The van der Waals surface area contributed by atoms with Crippen molar-refractivity contribution in [2.24, 2.45) is 11.8 Å². The molecule has 2 atom stereocenters. The normalized spacial score (nSPS) is 32.4. The van der Waals surface area contributed by atoms with Gasteiger partial charge in [-0.1, -0.05) is 6.42 Å². The van der Waals surface area contributed by atoms with Crippen LogP contribution in [0.25, 0.3) is 0 Å². The highest BCUT2D eigenvalue weighted by atomic mass is 32.2. The van der Waals surface area contributed by atoms with Crippen LogP contribution in [0, 0.1) is 11.8 Å². The van der Waals surface area contributed by atoms with Gasteiger partial charge >= 0.3 is 5.97 Å². The van der Waals surface area contributed by atoms with E-state index in [9.17, 15) is 13.2 Å². The maximum Gasteiger partial charge on any atom is 0.306 e. The summed E-state index contributed by atoms with van der Waals surface area (Å²) in [5.74, 6) is -0.175. The van der Waals surface area contributed by atoms with E-state index >= 15 is 0 Å². The van der Waals surface area contributed by atoms with Gasteiger partial charge in [0.2, 0.25) is 0 Å². The van der Waals surface area contributed by atoms with E-state index in [0.717, 1.165) is 19.3 Å². The molecule has 2 fully saturated rings. The lowest BCUT2D eigenvalue weighted by atomic mass is 9.95. The van der Waals surface area contributed by atoms with E-state index in [1.807, 2.05) is 0 Å². The van der Waals surface area contributed by atoms with Crippen LogP contribution in [-0.4, -0.2) is 43.6 Å². The van der Waals surface area contributed by atoms with E-state index in [4.69, 9.17) is 5.11 Å². The van der Waals surface area contributed by atoms with Crippen molar-refractivity contribution < 1.29 is 18.3 Å². The average molecular weight is 275 g/mol. The number of rotatable bonds is 4. The highest BCUT2D eigenvalue weighted by Gasteiger charge is 2.33. The Morgan fingerprint density at radius 1 is 1.17 bits per heavy atom. The summed E-state index contributed by atoms with van der Waals surface area (Å²) in [4.78, 5) is 11.0. The van der Waals surface area contributed by atoms with Crippen LogP contribution in [0.4, 0.5) is 0 Å². The molecule has 1 saturated carbocycles. The Kier molecular flexibility index (Phi) is 4.27. The minimum Gasteiger partial charge on any atom is -0.481 e. The van der Waals surface area contributed by atoms with Crippen molar-refractivity contribution >= 4 is 15.8 Å². The number of hydrogen-bond donors (Lipinski definition) is 2. The van der Waals surface area contributed by atoms with Crippen molar-refractivity contribution in [2.75, 3.05) is 18.1 Å². The topological polar surface area (TPSA) is 83.5 Å². The summed E-state index contributed by atoms with van der Waals surface area (Å²) in [6, 6.07) is 0.239. The molecule has 0 spiro atoms. The van der Waals surface area contributed by atoms with Gasteiger partial charge in [-0.05, 0) is 38.1 Å². The van der Waals surface area contributed by atoms with Gasteiger partial charge in [0.1, 0.15) is 9.84 Å². The first-order chi connectivity index (χ1) is 8.48. The molecule has 1 heterocycles. The number of carboxylic acids is 1. The maximum atomic E-state index is 11.3. The molecule has 5 nitrogen and oxygen atoms in total. The fraction of sp³-hybridized carbons (Fsp3) is 0.917. The molecule has 1 aliphatic carbocycles. The molecule has 0 amide bonds. The number of hydrogen-bond acceptors (Lipinski definition) is 4. The molecule has 0 bridgehead atoms. The quantitative estimate of drug-likeness (QED) is 0.787. The molecule has 1 aliphatic heterocycles. The van der Waals surface area contributed by atoms with Gasteiger partial charge in [-0.3, -0.25) is 4.79 Å². The lowest BCUT2D eigenvalue weighted by Gasteiger charge is -2.25. The van der Waals surface area contributed by atoms with Gasteiger partial charge in [0, 0.05) is 6.04 Å². The summed E-state index contributed by atoms with van der Waals surface area (Å²) in [6.45, 7) is 0.710. The smallest absolute Gasteiger partial charge is 0.306 e. The highest BCUT2D eigenvalue weighted by molar-refractivity contribution is 7.91. The van der Waals surface area contributed by atoms with E-state index in [1.54, 1.807) is 0 Å². The van der Waals surface area contributed by atoms with Crippen molar-refractivity contribution in [3.05, 3.63) is 0 Å². The van der Waals surface area contributed by atoms with E-state index in [0.29, 0.717) is 19.4 Å². The largest absolute Gasteiger partial charge is 0.481 e. The highest BCUT2D eigenvalue weighted by Crippen LogP contribution is 2.31. The fourth-order valence-corrected chi connectivity index (χ4v) is 4.51. The summed E-state index contributed by atoms with van der Waals surface area (Å²) < 4.78 is 22.6. The van der Waals surface area contributed by atoms with Gasteiger partial charge in [0.25, 0.3) is 0 Å².